The molecule has 1 heterocycles. The maximum absolute atomic E-state index is 12.2. The number of amides is 1. The largest absolute Gasteiger partial charge is 0.493 e. The van der Waals surface area contributed by atoms with E-state index < -0.39 is 5.60 Å². The molecule has 4 rings (SSSR count). The van der Waals surface area contributed by atoms with E-state index in [1.165, 1.54) is 29.5 Å². The predicted octanol–water partition coefficient (Wildman–Crippen LogP) is 5.24. The van der Waals surface area contributed by atoms with Gasteiger partial charge in [-0.3, -0.25) is 4.90 Å². The van der Waals surface area contributed by atoms with Crippen LogP contribution in [-0.2, 0) is 17.7 Å². The molecule has 1 saturated heterocycles. The molecular weight excluding hydrogens is 400 g/mol. The summed E-state index contributed by atoms with van der Waals surface area (Å²) in [5, 5.41) is 0. The monoisotopic (exact) mass is 436 g/mol. The van der Waals surface area contributed by atoms with Gasteiger partial charge < -0.3 is 14.4 Å². The third kappa shape index (κ3) is 6.73. The molecule has 0 radical (unpaired) electrons. The van der Waals surface area contributed by atoms with Crippen molar-refractivity contribution in [3.63, 3.8) is 0 Å². The van der Waals surface area contributed by atoms with Crippen molar-refractivity contribution in [3.05, 3.63) is 65.2 Å². The highest BCUT2D eigenvalue weighted by Gasteiger charge is 2.26. The molecule has 2 fully saturated rings. The molecule has 0 aromatic heterocycles. The smallest absolute Gasteiger partial charge is 0.410 e. The molecule has 1 saturated carbocycles. The van der Waals surface area contributed by atoms with Crippen LogP contribution in [0.25, 0.3) is 0 Å². The number of hydrogen-bond donors (Lipinski definition) is 0. The summed E-state index contributed by atoms with van der Waals surface area (Å²) in [7, 11) is 0. The minimum atomic E-state index is -0.443. The zero-order chi connectivity index (χ0) is 22.6. The molecule has 5 heteroatoms. The van der Waals surface area contributed by atoms with Gasteiger partial charge in [0.2, 0.25) is 0 Å². The first kappa shape index (κ1) is 22.7. The summed E-state index contributed by atoms with van der Waals surface area (Å²) >= 11 is 0. The van der Waals surface area contributed by atoms with Crippen LogP contribution < -0.4 is 4.74 Å². The molecule has 1 aliphatic carbocycles. The quantitative estimate of drug-likeness (QED) is 0.595. The Balaban J connectivity index is 1.17. The van der Waals surface area contributed by atoms with Crippen LogP contribution in [0.4, 0.5) is 4.79 Å². The molecule has 0 spiro atoms. The molecule has 1 aliphatic heterocycles. The lowest BCUT2D eigenvalue weighted by Crippen LogP contribution is -2.49. The first-order valence-electron chi connectivity index (χ1n) is 11.9. The van der Waals surface area contributed by atoms with Gasteiger partial charge >= 0.3 is 6.09 Å². The van der Waals surface area contributed by atoms with E-state index >= 15 is 0 Å². The first-order chi connectivity index (χ1) is 15.4. The van der Waals surface area contributed by atoms with Crippen molar-refractivity contribution in [1.29, 1.82) is 0 Å². The van der Waals surface area contributed by atoms with E-state index in [1.807, 2.05) is 25.7 Å². The number of ether oxygens (including phenoxy) is 2. The second-order valence-electron chi connectivity index (χ2n) is 10.0. The van der Waals surface area contributed by atoms with E-state index in [0.29, 0.717) is 19.7 Å². The van der Waals surface area contributed by atoms with E-state index in [-0.39, 0.29) is 6.09 Å². The lowest BCUT2D eigenvalue weighted by molar-refractivity contribution is 0.0139. The van der Waals surface area contributed by atoms with Gasteiger partial charge in [-0.15, -0.1) is 0 Å². The summed E-state index contributed by atoms with van der Waals surface area (Å²) in [5.74, 6) is 1.74. The number of benzene rings is 2. The summed E-state index contributed by atoms with van der Waals surface area (Å²) in [5.41, 5.74) is 3.59. The third-order valence-corrected chi connectivity index (χ3v) is 6.04. The fourth-order valence-corrected chi connectivity index (χ4v) is 4.02. The van der Waals surface area contributed by atoms with Gasteiger partial charge in [-0.2, -0.15) is 0 Å². The van der Waals surface area contributed by atoms with Gasteiger partial charge in [-0.05, 0) is 68.4 Å². The molecule has 0 atom stereocenters. The molecule has 5 nitrogen and oxygen atoms in total. The van der Waals surface area contributed by atoms with Crippen molar-refractivity contribution in [1.82, 2.24) is 9.80 Å². The van der Waals surface area contributed by atoms with Crippen LogP contribution >= 0.6 is 0 Å². The Morgan fingerprint density at radius 2 is 1.53 bits per heavy atom. The zero-order valence-corrected chi connectivity index (χ0v) is 19.7. The average molecular weight is 437 g/mol. The van der Waals surface area contributed by atoms with Gasteiger partial charge in [0.1, 0.15) is 11.4 Å². The Kier molecular flexibility index (Phi) is 7.04. The number of carbonyl (C=O) groups excluding carboxylic acids is 1. The second kappa shape index (κ2) is 9.95. The fourth-order valence-electron chi connectivity index (χ4n) is 4.02. The molecule has 2 aliphatic rings. The van der Waals surface area contributed by atoms with Crippen LogP contribution in [0.3, 0.4) is 0 Å². The Labute approximate surface area is 192 Å². The van der Waals surface area contributed by atoms with Crippen molar-refractivity contribution in [2.24, 2.45) is 0 Å². The number of hydrogen-bond acceptors (Lipinski definition) is 4. The lowest BCUT2D eigenvalue weighted by Gasteiger charge is -2.35. The predicted molar refractivity (Wildman–Crippen MR) is 127 cm³/mol. The maximum Gasteiger partial charge on any atom is 0.410 e. The van der Waals surface area contributed by atoms with Gasteiger partial charge in [-0.1, -0.05) is 36.4 Å². The van der Waals surface area contributed by atoms with Crippen LogP contribution in [0.5, 0.6) is 5.75 Å². The zero-order valence-electron chi connectivity index (χ0n) is 19.7. The van der Waals surface area contributed by atoms with Crippen molar-refractivity contribution in [2.45, 2.75) is 58.1 Å². The topological polar surface area (TPSA) is 42.0 Å². The van der Waals surface area contributed by atoms with Gasteiger partial charge in [0.25, 0.3) is 0 Å². The highest BCUT2D eigenvalue weighted by Crippen LogP contribution is 2.40. The molecule has 2 aromatic carbocycles. The van der Waals surface area contributed by atoms with E-state index in [4.69, 9.17) is 9.47 Å². The summed E-state index contributed by atoms with van der Waals surface area (Å²) in [4.78, 5) is 16.4. The second-order valence-corrected chi connectivity index (χ2v) is 10.0. The Morgan fingerprint density at radius 3 is 2.12 bits per heavy atom. The van der Waals surface area contributed by atoms with Crippen molar-refractivity contribution >= 4 is 6.09 Å². The maximum atomic E-state index is 12.2. The number of carbonyl (C=O) groups is 1. The average Bonchev–Trinajstić information content (AvgIpc) is 3.60. The highest BCUT2D eigenvalue weighted by molar-refractivity contribution is 5.68. The van der Waals surface area contributed by atoms with Gasteiger partial charge in [0.15, 0.2) is 0 Å². The Morgan fingerprint density at radius 1 is 0.906 bits per heavy atom. The molecule has 0 unspecified atom stereocenters. The van der Waals surface area contributed by atoms with Gasteiger partial charge in [0, 0.05) is 39.1 Å². The molecule has 32 heavy (non-hydrogen) atoms. The number of nitrogens with zero attached hydrogens (tertiary/aromatic N) is 2. The number of rotatable bonds is 7. The normalized spacial score (nSPS) is 17.3. The van der Waals surface area contributed by atoms with Gasteiger partial charge in [-0.25, -0.2) is 4.79 Å². The molecule has 2 aromatic rings. The summed E-state index contributed by atoms with van der Waals surface area (Å²) < 4.78 is 11.4. The molecular formula is C27H36N2O3. The highest BCUT2D eigenvalue weighted by atomic mass is 16.6. The molecule has 1 amide bonds. The molecule has 0 N–H and O–H groups in total. The van der Waals surface area contributed by atoms with Crippen LogP contribution in [0, 0.1) is 0 Å². The van der Waals surface area contributed by atoms with Crippen LogP contribution in [0.1, 0.15) is 56.2 Å². The van der Waals surface area contributed by atoms with Crippen molar-refractivity contribution < 1.29 is 14.3 Å². The van der Waals surface area contributed by atoms with E-state index in [0.717, 1.165) is 37.7 Å². The van der Waals surface area contributed by atoms with Gasteiger partial charge in [0.05, 0.1) is 6.61 Å². The standard InChI is InChI=1S/C27H36N2O3/c1-27(2,3)32-26(30)29-17-15-28(16-18-29)20-22-6-4-21(5-7-22)14-19-31-25-12-10-24(11-13-25)23-8-9-23/h4-7,10-13,23H,8-9,14-20H2,1-3H3. The summed E-state index contributed by atoms with van der Waals surface area (Å²) in [6.45, 7) is 10.5. The van der Waals surface area contributed by atoms with Crippen molar-refractivity contribution in [2.75, 3.05) is 32.8 Å². The van der Waals surface area contributed by atoms with E-state index in [2.05, 4.69) is 53.4 Å². The van der Waals surface area contributed by atoms with Crippen molar-refractivity contribution in [3.8, 4) is 5.75 Å². The number of piperazine rings is 1. The molecule has 172 valence electrons. The van der Waals surface area contributed by atoms with E-state index in [1.54, 1.807) is 0 Å². The van der Waals surface area contributed by atoms with E-state index in [9.17, 15) is 4.79 Å². The molecule has 0 bridgehead atoms. The fraction of sp³-hybridized carbons (Fsp3) is 0.519. The summed E-state index contributed by atoms with van der Waals surface area (Å²) in [6, 6.07) is 17.4. The summed E-state index contributed by atoms with van der Waals surface area (Å²) in [6.07, 6.45) is 3.36. The first-order valence-corrected chi connectivity index (χ1v) is 11.9. The van der Waals surface area contributed by atoms with Crippen LogP contribution in [-0.4, -0.2) is 54.3 Å². The third-order valence-electron chi connectivity index (χ3n) is 6.04. The minimum absolute atomic E-state index is 0.206. The van der Waals surface area contributed by atoms with Crippen LogP contribution in [0.2, 0.25) is 0 Å². The van der Waals surface area contributed by atoms with Crippen LogP contribution in [0.15, 0.2) is 48.5 Å². The Bertz CT molecular complexity index is 875. The minimum Gasteiger partial charge on any atom is -0.493 e. The SMILES string of the molecule is CC(C)(C)OC(=O)N1CCN(Cc2ccc(CCOc3ccc(C4CC4)cc3)cc2)CC1. The lowest BCUT2D eigenvalue weighted by atomic mass is 10.1. The Hall–Kier alpha value is -2.53.